The molecule has 1 heterocycles. The monoisotopic (exact) mass is 1020 g/mol. The summed E-state index contributed by atoms with van der Waals surface area (Å²) in [6.07, 6.45) is 0. The fraction of sp³-hybridized carbons (Fsp3) is 0.0769. The maximum absolute atomic E-state index is 7.18. The van der Waals surface area contributed by atoms with Gasteiger partial charge in [0, 0.05) is 22.0 Å². The Morgan fingerprint density at radius 3 is 0.975 bits per heavy atom. The second-order valence-corrected chi connectivity index (χ2v) is 22.8. The van der Waals surface area contributed by atoms with Crippen LogP contribution in [0.15, 0.2) is 273 Å². The molecule has 380 valence electrons. The molecule has 0 aromatic heterocycles. The van der Waals surface area contributed by atoms with Crippen molar-refractivity contribution < 1.29 is 4.74 Å². The maximum Gasteiger partial charge on any atom is 0.151 e. The van der Waals surface area contributed by atoms with Gasteiger partial charge in [-0.25, -0.2) is 0 Å². The molecule has 0 saturated carbocycles. The van der Waals surface area contributed by atoms with Gasteiger partial charge in [0.05, 0.1) is 17.1 Å². The number of hydrogen-bond donors (Lipinski definition) is 0. The van der Waals surface area contributed by atoms with Gasteiger partial charge in [-0.1, -0.05) is 252 Å². The highest BCUT2D eigenvalue weighted by Gasteiger charge is 2.38. The molecule has 1 aliphatic heterocycles. The molecular formula is C78H57NO. The Morgan fingerprint density at radius 1 is 0.237 bits per heavy atom. The van der Waals surface area contributed by atoms with Crippen molar-refractivity contribution in [3.05, 3.63) is 295 Å². The second kappa shape index (κ2) is 18.4. The average Bonchev–Trinajstić information content (AvgIpc) is 4.02. The van der Waals surface area contributed by atoms with Crippen molar-refractivity contribution in [3.63, 3.8) is 0 Å². The van der Waals surface area contributed by atoms with Crippen LogP contribution in [-0.4, -0.2) is 0 Å². The SMILES string of the molecule is CC1(C)c2ccccc2-c2ccc(-c3ccc4c(c3)N(c3c(-c5ccc(-c6ccccc6)cc5)cc(-c5ccccc5)cc3-c3ccc(-c5ccccc5)cc3)c3cc(-c5ccc6c(c5)C(C)(C)c5ccccc5-6)ccc3O4)cc21. The predicted octanol–water partition coefficient (Wildman–Crippen LogP) is 21.5. The first-order chi connectivity index (χ1) is 39.2. The Morgan fingerprint density at radius 2 is 0.550 bits per heavy atom. The number of nitrogens with zero attached hydrogens (tertiary/aromatic N) is 1. The molecule has 15 rings (SSSR count). The van der Waals surface area contributed by atoms with Crippen molar-refractivity contribution in [3.8, 4) is 112 Å². The van der Waals surface area contributed by atoms with Gasteiger partial charge in [0.1, 0.15) is 0 Å². The van der Waals surface area contributed by atoms with Gasteiger partial charge >= 0.3 is 0 Å². The Kier molecular flexibility index (Phi) is 10.9. The van der Waals surface area contributed by atoms with E-state index in [0.29, 0.717) is 0 Å². The highest BCUT2D eigenvalue weighted by Crippen LogP contribution is 2.58. The molecule has 0 atom stereocenters. The minimum atomic E-state index is -0.146. The number of ether oxygens (including phenoxy) is 1. The van der Waals surface area contributed by atoms with E-state index in [1.165, 1.54) is 77.9 Å². The molecule has 2 aliphatic carbocycles. The first-order valence-electron chi connectivity index (χ1n) is 28.0. The third-order valence-electron chi connectivity index (χ3n) is 17.5. The summed E-state index contributed by atoms with van der Waals surface area (Å²) in [5.74, 6) is 1.59. The zero-order valence-electron chi connectivity index (χ0n) is 45.3. The lowest BCUT2D eigenvalue weighted by atomic mass is 9.81. The minimum Gasteiger partial charge on any atom is -0.453 e. The summed E-state index contributed by atoms with van der Waals surface area (Å²) in [6, 6.07) is 101. The summed E-state index contributed by atoms with van der Waals surface area (Å²) in [5.41, 5.74) is 29.4. The van der Waals surface area contributed by atoms with Crippen molar-refractivity contribution in [2.45, 2.75) is 38.5 Å². The zero-order chi connectivity index (χ0) is 53.7. The van der Waals surface area contributed by atoms with Gasteiger partial charge in [0.2, 0.25) is 0 Å². The molecule has 0 bridgehead atoms. The quantitative estimate of drug-likeness (QED) is 0.150. The molecule has 2 nitrogen and oxygen atoms in total. The van der Waals surface area contributed by atoms with Crippen LogP contribution in [0.3, 0.4) is 0 Å². The van der Waals surface area contributed by atoms with E-state index in [4.69, 9.17) is 4.74 Å². The molecule has 0 spiro atoms. The lowest BCUT2D eigenvalue weighted by Gasteiger charge is -2.36. The predicted molar refractivity (Wildman–Crippen MR) is 334 cm³/mol. The van der Waals surface area contributed by atoms with Crippen LogP contribution in [0.4, 0.5) is 17.1 Å². The van der Waals surface area contributed by atoms with Crippen LogP contribution >= 0.6 is 0 Å². The van der Waals surface area contributed by atoms with Gasteiger partial charge < -0.3 is 9.64 Å². The van der Waals surface area contributed by atoms with E-state index in [1.54, 1.807) is 0 Å². The van der Waals surface area contributed by atoms with Gasteiger partial charge in [-0.2, -0.15) is 0 Å². The lowest BCUT2D eigenvalue weighted by Crippen LogP contribution is -2.18. The van der Waals surface area contributed by atoms with E-state index in [0.717, 1.165) is 73.1 Å². The molecule has 0 unspecified atom stereocenters. The Balaban J connectivity index is 0.990. The van der Waals surface area contributed by atoms with Gasteiger partial charge in [-0.3, -0.25) is 0 Å². The standard InChI is InChI=1S/C78H57NO/c1-77(2)68-26-16-14-24-62(68)64-40-36-57(46-70(64)77)59-38-42-74-72(48-59)79(73-49-60(39-43-75(73)80-74)58-37-41-65-63-25-15-17-27-69(63)78(3,4)71(65)47-58)76-66(55-32-28-53(29-33-55)50-18-8-5-9-19-50)44-61(52-22-12-7-13-23-52)45-67(76)56-34-30-54(31-35-56)51-20-10-6-11-21-51/h5-49H,1-4H3. The lowest BCUT2D eigenvalue weighted by molar-refractivity contribution is 0.477. The highest BCUT2D eigenvalue weighted by atomic mass is 16.5. The summed E-state index contributed by atoms with van der Waals surface area (Å²) >= 11 is 0. The number of rotatable bonds is 8. The Labute approximate surface area is 469 Å². The molecule has 0 N–H and O–H groups in total. The zero-order valence-corrected chi connectivity index (χ0v) is 45.3. The van der Waals surface area contributed by atoms with Crippen molar-refractivity contribution in [1.29, 1.82) is 0 Å². The molecule has 0 amide bonds. The first-order valence-corrected chi connectivity index (χ1v) is 28.0. The Hall–Kier alpha value is -9.76. The van der Waals surface area contributed by atoms with Gasteiger partial charge in [-0.15, -0.1) is 0 Å². The molecule has 12 aromatic rings. The number of anilines is 3. The topological polar surface area (TPSA) is 12.5 Å². The van der Waals surface area contributed by atoms with Crippen molar-refractivity contribution in [2.75, 3.05) is 4.90 Å². The van der Waals surface area contributed by atoms with E-state index < -0.39 is 0 Å². The van der Waals surface area contributed by atoms with Crippen LogP contribution in [0, 0.1) is 0 Å². The summed E-state index contributed by atoms with van der Waals surface area (Å²) < 4.78 is 7.18. The molecule has 80 heavy (non-hydrogen) atoms. The normalized spacial score (nSPS) is 13.8. The summed E-state index contributed by atoms with van der Waals surface area (Å²) in [5, 5.41) is 0. The minimum absolute atomic E-state index is 0.146. The third-order valence-corrected chi connectivity index (χ3v) is 17.5. The molecule has 12 aromatic carbocycles. The summed E-state index contributed by atoms with van der Waals surface area (Å²) in [7, 11) is 0. The third kappa shape index (κ3) is 7.69. The van der Waals surface area contributed by atoms with Crippen LogP contribution in [0.2, 0.25) is 0 Å². The molecule has 2 heteroatoms. The van der Waals surface area contributed by atoms with Crippen molar-refractivity contribution >= 4 is 17.1 Å². The molecule has 0 saturated heterocycles. The number of benzene rings is 12. The van der Waals surface area contributed by atoms with E-state index in [1.807, 2.05) is 0 Å². The van der Waals surface area contributed by atoms with Gasteiger partial charge in [0.15, 0.2) is 11.5 Å². The van der Waals surface area contributed by atoms with Crippen LogP contribution in [0.5, 0.6) is 11.5 Å². The smallest absolute Gasteiger partial charge is 0.151 e. The fourth-order valence-electron chi connectivity index (χ4n) is 13.2. The van der Waals surface area contributed by atoms with E-state index in [2.05, 4.69) is 306 Å². The molecule has 0 radical (unpaired) electrons. The summed E-state index contributed by atoms with van der Waals surface area (Å²) in [4.78, 5) is 2.52. The molecular weight excluding hydrogens is 967 g/mol. The van der Waals surface area contributed by atoms with Gasteiger partial charge in [0.25, 0.3) is 0 Å². The van der Waals surface area contributed by atoms with Crippen molar-refractivity contribution in [2.24, 2.45) is 0 Å². The van der Waals surface area contributed by atoms with E-state index in [9.17, 15) is 0 Å². The van der Waals surface area contributed by atoms with E-state index >= 15 is 0 Å². The van der Waals surface area contributed by atoms with Crippen LogP contribution < -0.4 is 9.64 Å². The Bertz CT molecular complexity index is 4140. The number of fused-ring (bicyclic) bond motifs is 8. The van der Waals surface area contributed by atoms with Crippen LogP contribution in [0.25, 0.3) is 100 Å². The van der Waals surface area contributed by atoms with Gasteiger partial charge in [-0.05, 0) is 160 Å². The largest absolute Gasteiger partial charge is 0.453 e. The highest BCUT2D eigenvalue weighted by molar-refractivity contribution is 6.04. The number of hydrogen-bond acceptors (Lipinski definition) is 2. The first kappa shape index (κ1) is 47.5. The molecule has 0 fully saturated rings. The second-order valence-electron chi connectivity index (χ2n) is 22.8. The summed E-state index contributed by atoms with van der Waals surface area (Å²) in [6.45, 7) is 9.45. The average molecular weight is 1020 g/mol. The fourth-order valence-corrected chi connectivity index (χ4v) is 13.2. The van der Waals surface area contributed by atoms with Crippen LogP contribution in [0.1, 0.15) is 49.9 Å². The van der Waals surface area contributed by atoms with Crippen LogP contribution in [-0.2, 0) is 10.8 Å². The van der Waals surface area contributed by atoms with Crippen molar-refractivity contribution in [1.82, 2.24) is 0 Å². The van der Waals surface area contributed by atoms with E-state index in [-0.39, 0.29) is 10.8 Å². The maximum atomic E-state index is 7.18. The molecule has 3 aliphatic rings.